The molecule has 0 spiro atoms. The molecule has 0 bridgehead atoms. The standard InChI is InChI=1S/C23H30N4O4/c28-21-4-3-20(22(29)25-21)27-14-15-13-18(1-2-19(15)23(27)30)31-17-7-11-26(12-8-17)16-5-9-24-10-6-16/h1-2,13,16-17,20,24H,3-12,14H2,(H,25,28,29). The summed E-state index contributed by atoms with van der Waals surface area (Å²) in [4.78, 5) is 40.6. The summed E-state index contributed by atoms with van der Waals surface area (Å²) in [7, 11) is 0. The van der Waals surface area contributed by atoms with Gasteiger partial charge in [-0.05, 0) is 69.0 Å². The summed E-state index contributed by atoms with van der Waals surface area (Å²) in [5, 5.41) is 5.77. The van der Waals surface area contributed by atoms with Gasteiger partial charge in [0.1, 0.15) is 17.9 Å². The molecule has 4 heterocycles. The van der Waals surface area contributed by atoms with E-state index in [4.69, 9.17) is 4.74 Å². The Morgan fingerprint density at radius 2 is 1.74 bits per heavy atom. The number of carbonyl (C=O) groups is 3. The number of ether oxygens (including phenoxy) is 1. The molecule has 2 N–H and O–H groups in total. The largest absolute Gasteiger partial charge is 0.490 e. The fraction of sp³-hybridized carbons (Fsp3) is 0.609. The van der Waals surface area contributed by atoms with Gasteiger partial charge in [0.2, 0.25) is 11.8 Å². The Labute approximate surface area is 182 Å². The van der Waals surface area contributed by atoms with Crippen molar-refractivity contribution in [1.29, 1.82) is 0 Å². The van der Waals surface area contributed by atoms with Crippen molar-refractivity contribution in [2.24, 2.45) is 0 Å². The Morgan fingerprint density at radius 1 is 0.968 bits per heavy atom. The highest BCUT2D eigenvalue weighted by atomic mass is 16.5. The lowest BCUT2D eigenvalue weighted by Gasteiger charge is -2.39. The van der Waals surface area contributed by atoms with E-state index in [0.29, 0.717) is 24.6 Å². The normalized spacial score (nSPS) is 26.1. The van der Waals surface area contributed by atoms with E-state index in [-0.39, 0.29) is 30.2 Å². The van der Waals surface area contributed by atoms with E-state index in [9.17, 15) is 14.4 Å². The van der Waals surface area contributed by atoms with Crippen LogP contribution in [0.1, 0.15) is 54.4 Å². The molecule has 31 heavy (non-hydrogen) atoms. The first-order valence-corrected chi connectivity index (χ1v) is 11.5. The number of likely N-dealkylation sites (tertiary alicyclic amines) is 1. The van der Waals surface area contributed by atoms with Crippen molar-refractivity contribution in [3.63, 3.8) is 0 Å². The predicted octanol–water partition coefficient (Wildman–Crippen LogP) is 1.04. The Bertz CT molecular complexity index is 874. The van der Waals surface area contributed by atoms with Crippen molar-refractivity contribution in [3.05, 3.63) is 29.3 Å². The second kappa shape index (κ2) is 8.59. The van der Waals surface area contributed by atoms with Crippen molar-refractivity contribution >= 4 is 17.7 Å². The molecule has 0 aliphatic carbocycles. The summed E-state index contributed by atoms with van der Waals surface area (Å²) < 4.78 is 6.27. The van der Waals surface area contributed by atoms with Crippen molar-refractivity contribution in [2.45, 2.75) is 63.3 Å². The van der Waals surface area contributed by atoms with E-state index in [1.165, 1.54) is 12.8 Å². The molecule has 8 nitrogen and oxygen atoms in total. The number of benzene rings is 1. The molecular formula is C23H30N4O4. The summed E-state index contributed by atoms with van der Waals surface area (Å²) in [6.07, 6.45) is 5.33. The number of nitrogens with zero attached hydrogens (tertiary/aromatic N) is 2. The molecule has 4 aliphatic heterocycles. The van der Waals surface area contributed by atoms with Crippen LogP contribution in [0.3, 0.4) is 0 Å². The number of piperidine rings is 3. The van der Waals surface area contributed by atoms with E-state index >= 15 is 0 Å². The molecule has 0 aromatic heterocycles. The number of rotatable bonds is 4. The van der Waals surface area contributed by atoms with E-state index in [0.717, 1.165) is 50.3 Å². The van der Waals surface area contributed by atoms with Gasteiger partial charge in [0.05, 0.1) is 0 Å². The smallest absolute Gasteiger partial charge is 0.255 e. The van der Waals surface area contributed by atoms with Crippen LogP contribution in [-0.2, 0) is 16.1 Å². The second-order valence-electron chi connectivity index (χ2n) is 9.05. The molecule has 3 fully saturated rings. The van der Waals surface area contributed by atoms with Crippen molar-refractivity contribution in [2.75, 3.05) is 26.2 Å². The molecule has 5 rings (SSSR count). The molecule has 1 unspecified atom stereocenters. The topological polar surface area (TPSA) is 91.0 Å². The molecular weight excluding hydrogens is 396 g/mol. The highest BCUT2D eigenvalue weighted by Crippen LogP contribution is 2.31. The van der Waals surface area contributed by atoms with E-state index in [1.807, 2.05) is 18.2 Å². The van der Waals surface area contributed by atoms with Gasteiger partial charge in [-0.25, -0.2) is 0 Å². The van der Waals surface area contributed by atoms with Crippen LogP contribution in [0.2, 0.25) is 0 Å². The van der Waals surface area contributed by atoms with Crippen molar-refractivity contribution in [3.8, 4) is 5.75 Å². The van der Waals surface area contributed by atoms with Gasteiger partial charge in [-0.2, -0.15) is 0 Å². The molecule has 1 aromatic carbocycles. The Morgan fingerprint density at radius 3 is 2.48 bits per heavy atom. The number of hydrogen-bond acceptors (Lipinski definition) is 6. The molecule has 0 saturated carbocycles. The zero-order valence-electron chi connectivity index (χ0n) is 17.8. The highest BCUT2D eigenvalue weighted by molar-refractivity contribution is 6.05. The van der Waals surface area contributed by atoms with E-state index < -0.39 is 6.04 Å². The number of imide groups is 1. The lowest BCUT2D eigenvalue weighted by Crippen LogP contribution is -2.52. The number of nitrogens with one attached hydrogen (secondary N) is 2. The monoisotopic (exact) mass is 426 g/mol. The molecule has 3 saturated heterocycles. The molecule has 166 valence electrons. The summed E-state index contributed by atoms with van der Waals surface area (Å²) in [5.41, 5.74) is 1.51. The minimum atomic E-state index is -0.582. The van der Waals surface area contributed by atoms with Crippen LogP contribution in [-0.4, -0.2) is 71.9 Å². The van der Waals surface area contributed by atoms with Crippen LogP contribution in [0.15, 0.2) is 18.2 Å². The van der Waals surface area contributed by atoms with Crippen LogP contribution >= 0.6 is 0 Å². The van der Waals surface area contributed by atoms with Gasteiger partial charge in [0.25, 0.3) is 5.91 Å². The van der Waals surface area contributed by atoms with Gasteiger partial charge < -0.3 is 19.9 Å². The Kier molecular flexibility index (Phi) is 5.67. The van der Waals surface area contributed by atoms with Crippen LogP contribution in [0.4, 0.5) is 0 Å². The fourth-order valence-corrected chi connectivity index (χ4v) is 5.35. The average Bonchev–Trinajstić information content (AvgIpc) is 3.10. The maximum Gasteiger partial charge on any atom is 0.255 e. The number of carbonyl (C=O) groups excluding carboxylic acids is 3. The third kappa shape index (κ3) is 4.19. The Hall–Kier alpha value is -2.45. The summed E-state index contributed by atoms with van der Waals surface area (Å²) >= 11 is 0. The third-order valence-corrected chi connectivity index (χ3v) is 7.10. The first-order chi connectivity index (χ1) is 15.1. The number of fused-ring (bicyclic) bond motifs is 1. The van der Waals surface area contributed by atoms with E-state index in [1.54, 1.807) is 4.90 Å². The molecule has 3 amide bonds. The molecule has 1 atom stereocenters. The first kappa shape index (κ1) is 20.5. The van der Waals surface area contributed by atoms with Crippen LogP contribution in [0.5, 0.6) is 5.75 Å². The summed E-state index contributed by atoms with van der Waals surface area (Å²) in [5.74, 6) is -0.00926. The van der Waals surface area contributed by atoms with E-state index in [2.05, 4.69) is 15.5 Å². The minimum absolute atomic E-state index is 0.147. The lowest BCUT2D eigenvalue weighted by atomic mass is 10.00. The zero-order chi connectivity index (χ0) is 21.4. The zero-order valence-corrected chi connectivity index (χ0v) is 17.8. The maximum absolute atomic E-state index is 12.8. The number of hydrogen-bond donors (Lipinski definition) is 2. The van der Waals surface area contributed by atoms with Crippen molar-refractivity contribution < 1.29 is 19.1 Å². The second-order valence-corrected chi connectivity index (χ2v) is 9.05. The molecule has 0 radical (unpaired) electrons. The first-order valence-electron chi connectivity index (χ1n) is 11.5. The lowest BCUT2D eigenvalue weighted by molar-refractivity contribution is -0.136. The molecule has 8 heteroatoms. The highest BCUT2D eigenvalue weighted by Gasteiger charge is 2.39. The van der Waals surface area contributed by atoms with Gasteiger partial charge in [-0.3, -0.25) is 19.7 Å². The molecule has 1 aromatic rings. The Balaban J connectivity index is 1.19. The molecule has 4 aliphatic rings. The maximum atomic E-state index is 12.8. The minimum Gasteiger partial charge on any atom is -0.490 e. The quantitative estimate of drug-likeness (QED) is 0.700. The van der Waals surface area contributed by atoms with Gasteiger partial charge in [-0.15, -0.1) is 0 Å². The van der Waals surface area contributed by atoms with Gasteiger partial charge in [0, 0.05) is 37.7 Å². The SMILES string of the molecule is O=C1CCC(N2Cc3cc(OC4CCN(C5CCNCC5)CC4)ccc3C2=O)C(=O)N1. The van der Waals surface area contributed by atoms with Crippen LogP contribution < -0.4 is 15.4 Å². The predicted molar refractivity (Wildman–Crippen MR) is 114 cm³/mol. The van der Waals surface area contributed by atoms with Crippen LogP contribution in [0.25, 0.3) is 0 Å². The summed E-state index contributed by atoms with van der Waals surface area (Å²) in [6, 6.07) is 5.73. The van der Waals surface area contributed by atoms with Gasteiger partial charge in [-0.1, -0.05) is 0 Å². The van der Waals surface area contributed by atoms with Gasteiger partial charge >= 0.3 is 0 Å². The van der Waals surface area contributed by atoms with Crippen LogP contribution in [0, 0.1) is 0 Å². The van der Waals surface area contributed by atoms with Crippen molar-refractivity contribution in [1.82, 2.24) is 20.4 Å². The third-order valence-electron chi connectivity index (χ3n) is 7.10. The fourth-order valence-electron chi connectivity index (χ4n) is 5.35. The summed E-state index contributed by atoms with van der Waals surface area (Å²) in [6.45, 7) is 4.76. The van der Waals surface area contributed by atoms with Gasteiger partial charge in [0.15, 0.2) is 0 Å². The number of amides is 3. The average molecular weight is 427 g/mol.